The molecule has 0 aromatic heterocycles. The molecule has 0 radical (unpaired) electrons. The third-order valence-corrected chi connectivity index (χ3v) is 4.92. The number of hydrogen-bond acceptors (Lipinski definition) is 3. The second-order valence-electron chi connectivity index (χ2n) is 7.29. The number of nitrogens with zero attached hydrogens (tertiary/aromatic N) is 1. The highest BCUT2D eigenvalue weighted by Gasteiger charge is 2.05. The normalized spacial score (nSPS) is 10.6. The van der Waals surface area contributed by atoms with E-state index >= 15 is 0 Å². The van der Waals surface area contributed by atoms with Gasteiger partial charge in [0.2, 0.25) is 0 Å². The van der Waals surface area contributed by atoms with E-state index < -0.39 is 0 Å². The van der Waals surface area contributed by atoms with Gasteiger partial charge in [-0.15, -0.1) is 0 Å². The van der Waals surface area contributed by atoms with E-state index in [1.165, 1.54) is 49.8 Å². The summed E-state index contributed by atoms with van der Waals surface area (Å²) in [6, 6.07) is 17.5. The van der Waals surface area contributed by atoms with Crippen molar-refractivity contribution in [2.24, 2.45) is 0 Å². The Labute approximate surface area is 166 Å². The molecule has 2 aromatic rings. The van der Waals surface area contributed by atoms with E-state index in [0.29, 0.717) is 0 Å². The van der Waals surface area contributed by atoms with Crippen molar-refractivity contribution < 1.29 is 0 Å². The zero-order valence-corrected chi connectivity index (χ0v) is 17.4. The summed E-state index contributed by atoms with van der Waals surface area (Å²) in [5.74, 6) is 0. The predicted octanol–water partition coefficient (Wildman–Crippen LogP) is 6.87. The molecule has 27 heavy (non-hydrogen) atoms. The molecule has 0 bridgehead atoms. The fraction of sp³-hybridized carbons (Fsp3) is 0.500. The molecule has 0 fully saturated rings. The van der Waals surface area contributed by atoms with Crippen molar-refractivity contribution in [2.75, 3.05) is 28.8 Å². The van der Waals surface area contributed by atoms with Crippen molar-refractivity contribution in [1.82, 2.24) is 0 Å². The average Bonchev–Trinajstić information content (AvgIpc) is 2.72. The summed E-state index contributed by atoms with van der Waals surface area (Å²) in [6.45, 7) is 9.04. The second-order valence-corrected chi connectivity index (χ2v) is 7.29. The van der Waals surface area contributed by atoms with Crippen LogP contribution in [0.3, 0.4) is 0 Å². The van der Waals surface area contributed by atoms with E-state index in [4.69, 9.17) is 0 Å². The summed E-state index contributed by atoms with van der Waals surface area (Å²) >= 11 is 0. The minimum Gasteiger partial charge on any atom is -0.372 e. The standard InChI is InChI=1S/C24H37N3/c1-4-7-10-21-11-13-22(14-12-21)25-26-23-15-17-24(18-16-23)27(19-8-5-2)20-9-6-3/h11-18,25-26H,4-10,19-20H2,1-3H3. The first kappa shape index (κ1) is 21.1. The third kappa shape index (κ3) is 7.54. The van der Waals surface area contributed by atoms with Gasteiger partial charge in [-0.2, -0.15) is 0 Å². The number of aryl methyl sites for hydroxylation is 1. The molecule has 0 heterocycles. The lowest BCUT2D eigenvalue weighted by Crippen LogP contribution is -2.25. The Hall–Kier alpha value is -2.16. The molecule has 0 saturated carbocycles. The Bertz CT molecular complexity index is 611. The van der Waals surface area contributed by atoms with Gasteiger partial charge in [0.15, 0.2) is 0 Å². The Morgan fingerprint density at radius 1 is 0.630 bits per heavy atom. The lowest BCUT2D eigenvalue weighted by molar-refractivity contribution is 0.678. The van der Waals surface area contributed by atoms with E-state index in [2.05, 4.69) is 85.1 Å². The Kier molecular flexibility index (Phi) is 9.61. The summed E-state index contributed by atoms with van der Waals surface area (Å²) in [6.07, 6.45) is 8.64. The van der Waals surface area contributed by atoms with Crippen LogP contribution in [0.2, 0.25) is 0 Å². The minimum atomic E-state index is 1.08. The summed E-state index contributed by atoms with van der Waals surface area (Å²) in [5.41, 5.74) is 11.5. The molecular weight excluding hydrogens is 330 g/mol. The first-order valence-electron chi connectivity index (χ1n) is 10.7. The predicted molar refractivity (Wildman–Crippen MR) is 121 cm³/mol. The second kappa shape index (κ2) is 12.3. The van der Waals surface area contributed by atoms with Gasteiger partial charge in [0.25, 0.3) is 0 Å². The zero-order chi connectivity index (χ0) is 19.3. The first-order valence-corrected chi connectivity index (χ1v) is 10.7. The molecule has 0 aliphatic rings. The molecule has 2 aromatic carbocycles. The van der Waals surface area contributed by atoms with Gasteiger partial charge in [0.1, 0.15) is 0 Å². The van der Waals surface area contributed by atoms with E-state index in [1.54, 1.807) is 0 Å². The lowest BCUT2D eigenvalue weighted by atomic mass is 10.1. The number of rotatable bonds is 13. The van der Waals surface area contributed by atoms with Crippen molar-refractivity contribution in [2.45, 2.75) is 65.7 Å². The summed E-state index contributed by atoms with van der Waals surface area (Å²) in [4.78, 5) is 2.51. The molecular formula is C24H37N3. The van der Waals surface area contributed by atoms with Crippen molar-refractivity contribution in [3.63, 3.8) is 0 Å². The summed E-state index contributed by atoms with van der Waals surface area (Å²) in [7, 11) is 0. The Morgan fingerprint density at radius 2 is 1.11 bits per heavy atom. The maximum absolute atomic E-state index is 3.31. The molecule has 148 valence electrons. The van der Waals surface area contributed by atoms with Crippen molar-refractivity contribution in [1.29, 1.82) is 0 Å². The maximum Gasteiger partial charge on any atom is 0.0541 e. The first-order chi connectivity index (χ1) is 13.3. The van der Waals surface area contributed by atoms with Gasteiger partial charge in [-0.05, 0) is 67.6 Å². The zero-order valence-electron chi connectivity index (χ0n) is 17.4. The number of hydrazine groups is 1. The van der Waals surface area contributed by atoms with Gasteiger partial charge in [0.05, 0.1) is 11.4 Å². The van der Waals surface area contributed by atoms with E-state index in [1.807, 2.05) is 0 Å². The minimum absolute atomic E-state index is 1.08. The van der Waals surface area contributed by atoms with Crippen LogP contribution in [0, 0.1) is 0 Å². The van der Waals surface area contributed by atoms with Crippen molar-refractivity contribution >= 4 is 17.1 Å². The number of unbranched alkanes of at least 4 members (excludes halogenated alkanes) is 3. The van der Waals surface area contributed by atoms with E-state index in [0.717, 1.165) is 30.9 Å². The molecule has 0 amide bonds. The van der Waals surface area contributed by atoms with Crippen LogP contribution in [-0.2, 0) is 6.42 Å². The SMILES string of the molecule is CCCCc1ccc(NNc2ccc(N(CCCC)CCCC)cc2)cc1. The van der Waals surface area contributed by atoms with Gasteiger partial charge in [0, 0.05) is 18.8 Å². The van der Waals surface area contributed by atoms with Crippen LogP contribution in [0.5, 0.6) is 0 Å². The fourth-order valence-electron chi connectivity index (χ4n) is 3.10. The summed E-state index contributed by atoms with van der Waals surface area (Å²) < 4.78 is 0. The number of nitrogens with one attached hydrogen (secondary N) is 2. The third-order valence-electron chi connectivity index (χ3n) is 4.92. The van der Waals surface area contributed by atoms with Crippen molar-refractivity contribution in [3.05, 3.63) is 54.1 Å². The molecule has 3 nitrogen and oxygen atoms in total. The molecule has 0 spiro atoms. The molecule has 0 aliphatic carbocycles. The number of anilines is 3. The Morgan fingerprint density at radius 3 is 1.59 bits per heavy atom. The van der Waals surface area contributed by atoms with Crippen LogP contribution in [0.25, 0.3) is 0 Å². The molecule has 2 N–H and O–H groups in total. The van der Waals surface area contributed by atoms with Gasteiger partial charge < -0.3 is 15.8 Å². The Balaban J connectivity index is 1.88. The van der Waals surface area contributed by atoms with E-state index in [-0.39, 0.29) is 0 Å². The molecule has 2 rings (SSSR count). The van der Waals surface area contributed by atoms with Gasteiger partial charge >= 0.3 is 0 Å². The monoisotopic (exact) mass is 367 g/mol. The fourth-order valence-corrected chi connectivity index (χ4v) is 3.10. The van der Waals surface area contributed by atoms with Crippen LogP contribution in [0.4, 0.5) is 17.1 Å². The van der Waals surface area contributed by atoms with Gasteiger partial charge in [-0.1, -0.05) is 52.2 Å². The van der Waals surface area contributed by atoms with Crippen molar-refractivity contribution in [3.8, 4) is 0 Å². The largest absolute Gasteiger partial charge is 0.372 e. The highest BCUT2D eigenvalue weighted by Crippen LogP contribution is 2.20. The molecule has 0 aliphatic heterocycles. The van der Waals surface area contributed by atoms with Gasteiger partial charge in [-0.25, -0.2) is 0 Å². The average molecular weight is 368 g/mol. The van der Waals surface area contributed by atoms with Crippen LogP contribution in [0.1, 0.15) is 64.9 Å². The van der Waals surface area contributed by atoms with Gasteiger partial charge in [-0.3, -0.25) is 0 Å². The topological polar surface area (TPSA) is 27.3 Å². The number of benzene rings is 2. The van der Waals surface area contributed by atoms with Crippen LogP contribution >= 0.6 is 0 Å². The van der Waals surface area contributed by atoms with Crippen LogP contribution in [0.15, 0.2) is 48.5 Å². The summed E-state index contributed by atoms with van der Waals surface area (Å²) in [5, 5.41) is 0. The molecule has 3 heteroatoms. The highest BCUT2D eigenvalue weighted by atomic mass is 15.4. The van der Waals surface area contributed by atoms with Crippen LogP contribution < -0.4 is 15.8 Å². The van der Waals surface area contributed by atoms with Crippen LogP contribution in [-0.4, -0.2) is 13.1 Å². The maximum atomic E-state index is 3.31. The molecule has 0 unspecified atom stereocenters. The smallest absolute Gasteiger partial charge is 0.0541 e. The van der Waals surface area contributed by atoms with E-state index in [9.17, 15) is 0 Å². The highest BCUT2D eigenvalue weighted by molar-refractivity contribution is 5.58. The molecule has 0 saturated heterocycles. The quantitative estimate of drug-likeness (QED) is 0.378. The number of hydrogen-bond donors (Lipinski definition) is 2. The molecule has 0 atom stereocenters. The lowest BCUT2D eigenvalue weighted by Gasteiger charge is -2.25.